The number of hydrogen-bond donors (Lipinski definition) is 0. The molecule has 0 saturated carbocycles. The first-order valence-electron chi connectivity index (χ1n) is 8.62. The lowest BCUT2D eigenvalue weighted by Gasteiger charge is -2.17. The summed E-state index contributed by atoms with van der Waals surface area (Å²) in [7, 11) is 0. The van der Waals surface area contributed by atoms with E-state index < -0.39 is 0 Å². The second-order valence-electron chi connectivity index (χ2n) is 5.47. The van der Waals surface area contributed by atoms with Crippen LogP contribution in [0.1, 0.15) is 78.6 Å². The van der Waals surface area contributed by atoms with E-state index in [9.17, 15) is 4.79 Å². The van der Waals surface area contributed by atoms with E-state index in [2.05, 4.69) is 25.7 Å². The zero-order chi connectivity index (χ0) is 15.1. The summed E-state index contributed by atoms with van der Waals surface area (Å²) in [6, 6.07) is 0. The van der Waals surface area contributed by atoms with Crippen LogP contribution in [0, 0.1) is 0 Å². The molecule has 0 fully saturated rings. The second-order valence-corrected chi connectivity index (χ2v) is 5.47. The van der Waals surface area contributed by atoms with Gasteiger partial charge in [-0.3, -0.25) is 4.79 Å². The molecule has 0 aromatic heterocycles. The van der Waals surface area contributed by atoms with Crippen molar-refractivity contribution < 1.29 is 9.53 Å². The first kappa shape index (κ1) is 19.4. The monoisotopic (exact) mass is 285 g/mol. The maximum Gasteiger partial charge on any atom is 0.305 e. The van der Waals surface area contributed by atoms with E-state index in [0.29, 0.717) is 13.0 Å². The molecule has 0 aliphatic rings. The summed E-state index contributed by atoms with van der Waals surface area (Å²) >= 11 is 0. The van der Waals surface area contributed by atoms with Crippen LogP contribution in [0.3, 0.4) is 0 Å². The van der Waals surface area contributed by atoms with Crippen molar-refractivity contribution in [3.8, 4) is 0 Å². The maximum atomic E-state index is 11.5. The largest absolute Gasteiger partial charge is 0.466 e. The molecule has 20 heavy (non-hydrogen) atoms. The molecule has 0 aromatic rings. The van der Waals surface area contributed by atoms with Gasteiger partial charge in [0.1, 0.15) is 0 Å². The van der Waals surface area contributed by atoms with Crippen LogP contribution in [-0.4, -0.2) is 37.1 Å². The third-order valence-corrected chi connectivity index (χ3v) is 3.76. The highest BCUT2D eigenvalue weighted by atomic mass is 16.5. The Morgan fingerprint density at radius 1 is 0.850 bits per heavy atom. The highest BCUT2D eigenvalue weighted by Gasteiger charge is 2.04. The smallest absolute Gasteiger partial charge is 0.305 e. The molecule has 0 rings (SSSR count). The van der Waals surface area contributed by atoms with Crippen LogP contribution in [0.4, 0.5) is 0 Å². The van der Waals surface area contributed by atoms with E-state index in [1.807, 2.05) is 0 Å². The van der Waals surface area contributed by atoms with Gasteiger partial charge in [-0.2, -0.15) is 0 Å². The first-order chi connectivity index (χ1) is 9.74. The van der Waals surface area contributed by atoms with Gasteiger partial charge in [-0.05, 0) is 38.9 Å². The molecule has 0 bridgehead atoms. The Kier molecular flexibility index (Phi) is 14.4. The lowest BCUT2D eigenvalue weighted by molar-refractivity contribution is -0.143. The van der Waals surface area contributed by atoms with E-state index in [0.717, 1.165) is 38.9 Å². The van der Waals surface area contributed by atoms with Gasteiger partial charge in [0.2, 0.25) is 0 Å². The molecular formula is C17H35NO2. The molecule has 3 heteroatoms. The average molecular weight is 285 g/mol. The quantitative estimate of drug-likeness (QED) is 0.350. The van der Waals surface area contributed by atoms with Crippen LogP contribution in [0.5, 0.6) is 0 Å². The summed E-state index contributed by atoms with van der Waals surface area (Å²) < 4.78 is 5.26. The van der Waals surface area contributed by atoms with Gasteiger partial charge < -0.3 is 9.64 Å². The Balaban J connectivity index is 3.28. The van der Waals surface area contributed by atoms with Crippen molar-refractivity contribution in [3.05, 3.63) is 0 Å². The summed E-state index contributed by atoms with van der Waals surface area (Å²) in [5.74, 6) is -0.0156. The molecule has 0 radical (unpaired) electrons. The van der Waals surface area contributed by atoms with Crippen LogP contribution < -0.4 is 0 Å². The molecule has 0 heterocycles. The molecule has 0 aromatic carbocycles. The van der Waals surface area contributed by atoms with E-state index in [-0.39, 0.29) is 5.97 Å². The Labute approximate surface area is 126 Å². The number of hydrogen-bond acceptors (Lipinski definition) is 3. The van der Waals surface area contributed by atoms with Crippen molar-refractivity contribution in [2.24, 2.45) is 0 Å². The number of carbonyl (C=O) groups excluding carboxylic acids is 1. The number of carbonyl (C=O) groups is 1. The molecule has 0 aliphatic carbocycles. The molecule has 3 nitrogen and oxygen atoms in total. The fraction of sp³-hybridized carbons (Fsp3) is 0.941. The third-order valence-electron chi connectivity index (χ3n) is 3.76. The van der Waals surface area contributed by atoms with Gasteiger partial charge in [0, 0.05) is 6.42 Å². The molecule has 0 amide bonds. The molecular weight excluding hydrogens is 250 g/mol. The van der Waals surface area contributed by atoms with Crippen molar-refractivity contribution in [2.45, 2.75) is 78.6 Å². The molecule has 0 saturated heterocycles. The van der Waals surface area contributed by atoms with Crippen molar-refractivity contribution >= 4 is 5.97 Å². The first-order valence-corrected chi connectivity index (χ1v) is 8.62. The van der Waals surface area contributed by atoms with E-state index >= 15 is 0 Å². The topological polar surface area (TPSA) is 29.5 Å². The predicted molar refractivity (Wildman–Crippen MR) is 86.0 cm³/mol. The Hall–Kier alpha value is -0.570. The second kappa shape index (κ2) is 14.8. The molecule has 0 spiro atoms. The fourth-order valence-corrected chi connectivity index (χ4v) is 2.29. The van der Waals surface area contributed by atoms with Crippen molar-refractivity contribution in [1.82, 2.24) is 4.90 Å². The molecule has 0 N–H and O–H groups in total. The van der Waals surface area contributed by atoms with Crippen LogP contribution in [0.25, 0.3) is 0 Å². The highest BCUT2D eigenvalue weighted by molar-refractivity contribution is 5.69. The SMILES string of the molecule is CCCCCCCCOC(=O)CCCCN(CC)CC. The average Bonchev–Trinajstić information content (AvgIpc) is 2.46. The Morgan fingerprint density at radius 2 is 1.50 bits per heavy atom. The number of nitrogens with zero attached hydrogens (tertiary/aromatic N) is 1. The number of rotatable bonds is 14. The fourth-order valence-electron chi connectivity index (χ4n) is 2.29. The Morgan fingerprint density at radius 3 is 2.15 bits per heavy atom. The molecule has 0 unspecified atom stereocenters. The Bertz CT molecular complexity index is 215. The zero-order valence-corrected chi connectivity index (χ0v) is 14.0. The standard InChI is InChI=1S/C17H35NO2/c1-4-7-8-9-10-13-16-20-17(19)14-11-12-15-18(5-2)6-3/h4-16H2,1-3H3. The van der Waals surface area contributed by atoms with E-state index in [1.54, 1.807) is 0 Å². The van der Waals surface area contributed by atoms with Crippen molar-refractivity contribution in [2.75, 3.05) is 26.2 Å². The normalized spacial score (nSPS) is 11.0. The lowest BCUT2D eigenvalue weighted by Crippen LogP contribution is -2.24. The predicted octanol–water partition coefficient (Wildman–Crippen LogP) is 4.40. The van der Waals surface area contributed by atoms with Crippen LogP contribution in [-0.2, 0) is 9.53 Å². The van der Waals surface area contributed by atoms with Gasteiger partial charge in [-0.1, -0.05) is 52.9 Å². The number of esters is 1. The molecule has 0 atom stereocenters. The highest BCUT2D eigenvalue weighted by Crippen LogP contribution is 2.06. The van der Waals surface area contributed by atoms with Crippen molar-refractivity contribution in [3.63, 3.8) is 0 Å². The summed E-state index contributed by atoms with van der Waals surface area (Å²) in [4.78, 5) is 13.9. The zero-order valence-electron chi connectivity index (χ0n) is 14.0. The summed E-state index contributed by atoms with van der Waals surface area (Å²) in [6.07, 6.45) is 10.0. The summed E-state index contributed by atoms with van der Waals surface area (Å²) in [6.45, 7) is 10.5. The lowest BCUT2D eigenvalue weighted by atomic mass is 10.1. The van der Waals surface area contributed by atoms with Gasteiger partial charge in [0.05, 0.1) is 6.61 Å². The van der Waals surface area contributed by atoms with Crippen LogP contribution >= 0.6 is 0 Å². The van der Waals surface area contributed by atoms with Gasteiger partial charge >= 0.3 is 5.97 Å². The summed E-state index contributed by atoms with van der Waals surface area (Å²) in [5, 5.41) is 0. The minimum Gasteiger partial charge on any atom is -0.466 e. The molecule has 0 aliphatic heterocycles. The van der Waals surface area contributed by atoms with Gasteiger partial charge in [-0.25, -0.2) is 0 Å². The number of ether oxygens (including phenoxy) is 1. The van der Waals surface area contributed by atoms with Gasteiger partial charge in [-0.15, -0.1) is 0 Å². The third kappa shape index (κ3) is 12.5. The van der Waals surface area contributed by atoms with E-state index in [1.165, 1.54) is 32.1 Å². The van der Waals surface area contributed by atoms with Gasteiger partial charge in [0.25, 0.3) is 0 Å². The minimum absolute atomic E-state index is 0.0156. The maximum absolute atomic E-state index is 11.5. The summed E-state index contributed by atoms with van der Waals surface area (Å²) in [5.41, 5.74) is 0. The number of unbranched alkanes of at least 4 members (excludes halogenated alkanes) is 6. The van der Waals surface area contributed by atoms with Gasteiger partial charge in [0.15, 0.2) is 0 Å². The van der Waals surface area contributed by atoms with Crippen LogP contribution in [0.15, 0.2) is 0 Å². The van der Waals surface area contributed by atoms with E-state index in [4.69, 9.17) is 4.74 Å². The van der Waals surface area contributed by atoms with Crippen molar-refractivity contribution in [1.29, 1.82) is 0 Å². The van der Waals surface area contributed by atoms with Crippen LogP contribution in [0.2, 0.25) is 0 Å². The minimum atomic E-state index is -0.0156. The molecule has 120 valence electrons.